The standard InChI is InChI=1S/C6H15NS.C2H6/c1-3-4-7-5-6-8-2;1-2/h7H,3-6H2,1-2H3;1-2H3. The quantitative estimate of drug-likeness (QED) is 0.625. The van der Waals surface area contributed by atoms with E-state index in [1.54, 1.807) is 0 Å². The molecule has 0 unspecified atom stereocenters. The van der Waals surface area contributed by atoms with Gasteiger partial charge in [0.2, 0.25) is 0 Å². The Kier molecular flexibility index (Phi) is 20.9. The molecule has 64 valence electrons. The van der Waals surface area contributed by atoms with E-state index in [4.69, 9.17) is 0 Å². The normalized spacial score (nSPS) is 8.40. The van der Waals surface area contributed by atoms with Crippen molar-refractivity contribution in [2.45, 2.75) is 27.2 Å². The predicted molar refractivity (Wildman–Crippen MR) is 52.9 cm³/mol. The third kappa shape index (κ3) is 15.7. The SMILES string of the molecule is CC.CCCNCCSC. The Bertz CT molecular complexity index is 34.2. The fraction of sp³-hybridized carbons (Fsp3) is 1.00. The van der Waals surface area contributed by atoms with Crippen molar-refractivity contribution in [2.75, 3.05) is 25.1 Å². The van der Waals surface area contributed by atoms with Gasteiger partial charge >= 0.3 is 0 Å². The van der Waals surface area contributed by atoms with Crippen molar-refractivity contribution in [3.8, 4) is 0 Å². The lowest BCUT2D eigenvalue weighted by Gasteiger charge is -1.97. The molecule has 10 heavy (non-hydrogen) atoms. The van der Waals surface area contributed by atoms with E-state index in [2.05, 4.69) is 18.5 Å². The Morgan fingerprint density at radius 1 is 1.20 bits per heavy atom. The van der Waals surface area contributed by atoms with Gasteiger partial charge in [0.25, 0.3) is 0 Å². The first-order chi connectivity index (χ1) is 4.91. The molecule has 0 aliphatic heterocycles. The Balaban J connectivity index is 0. The van der Waals surface area contributed by atoms with Crippen LogP contribution in [-0.4, -0.2) is 25.1 Å². The second kappa shape index (κ2) is 16.1. The van der Waals surface area contributed by atoms with Crippen molar-refractivity contribution in [2.24, 2.45) is 0 Å². The van der Waals surface area contributed by atoms with E-state index in [-0.39, 0.29) is 0 Å². The van der Waals surface area contributed by atoms with Crippen LogP contribution >= 0.6 is 11.8 Å². The highest BCUT2D eigenvalue weighted by Crippen LogP contribution is 1.86. The summed E-state index contributed by atoms with van der Waals surface area (Å²) in [4.78, 5) is 0. The van der Waals surface area contributed by atoms with Crippen LogP contribution in [0.25, 0.3) is 0 Å². The second-order valence-electron chi connectivity index (χ2n) is 1.74. The third-order valence-electron chi connectivity index (χ3n) is 0.910. The molecular formula is C8H21NS. The van der Waals surface area contributed by atoms with E-state index >= 15 is 0 Å². The molecule has 1 nitrogen and oxygen atoms in total. The van der Waals surface area contributed by atoms with Crippen LogP contribution in [0.15, 0.2) is 0 Å². The number of rotatable bonds is 5. The lowest BCUT2D eigenvalue weighted by Crippen LogP contribution is -2.17. The molecule has 1 N–H and O–H groups in total. The maximum atomic E-state index is 3.32. The molecule has 0 aromatic carbocycles. The van der Waals surface area contributed by atoms with Crippen LogP contribution in [0.4, 0.5) is 0 Å². The largest absolute Gasteiger partial charge is 0.316 e. The van der Waals surface area contributed by atoms with E-state index < -0.39 is 0 Å². The number of hydrogen-bond donors (Lipinski definition) is 1. The summed E-state index contributed by atoms with van der Waals surface area (Å²) < 4.78 is 0. The number of thioether (sulfide) groups is 1. The summed E-state index contributed by atoms with van der Waals surface area (Å²) in [5, 5.41) is 3.32. The second-order valence-corrected chi connectivity index (χ2v) is 2.73. The summed E-state index contributed by atoms with van der Waals surface area (Å²) in [5.41, 5.74) is 0. The smallest absolute Gasteiger partial charge is 0.00553 e. The van der Waals surface area contributed by atoms with Crippen LogP contribution in [-0.2, 0) is 0 Å². The van der Waals surface area contributed by atoms with E-state index in [1.165, 1.54) is 18.7 Å². The van der Waals surface area contributed by atoms with Crippen LogP contribution in [0.1, 0.15) is 27.2 Å². The number of hydrogen-bond acceptors (Lipinski definition) is 2. The van der Waals surface area contributed by atoms with Crippen LogP contribution < -0.4 is 5.32 Å². The van der Waals surface area contributed by atoms with Crippen molar-refractivity contribution in [1.82, 2.24) is 5.32 Å². The Morgan fingerprint density at radius 3 is 2.20 bits per heavy atom. The van der Waals surface area contributed by atoms with E-state index in [0.29, 0.717) is 0 Å². The minimum atomic E-state index is 1.16. The third-order valence-corrected chi connectivity index (χ3v) is 1.52. The molecule has 0 fully saturated rings. The van der Waals surface area contributed by atoms with E-state index in [0.717, 1.165) is 6.54 Å². The summed E-state index contributed by atoms with van der Waals surface area (Å²) in [6.45, 7) is 8.52. The van der Waals surface area contributed by atoms with Gasteiger partial charge in [-0.05, 0) is 19.2 Å². The molecule has 0 radical (unpaired) electrons. The highest BCUT2D eigenvalue weighted by Gasteiger charge is 1.80. The highest BCUT2D eigenvalue weighted by atomic mass is 32.2. The molecule has 0 heterocycles. The van der Waals surface area contributed by atoms with Gasteiger partial charge < -0.3 is 5.32 Å². The van der Waals surface area contributed by atoms with E-state index in [9.17, 15) is 0 Å². The molecule has 0 spiro atoms. The average Bonchev–Trinajstić information content (AvgIpc) is 2.02. The molecule has 0 bridgehead atoms. The summed E-state index contributed by atoms with van der Waals surface area (Å²) in [5.74, 6) is 1.24. The van der Waals surface area contributed by atoms with Gasteiger partial charge in [0.05, 0.1) is 0 Å². The molecule has 0 atom stereocenters. The molecule has 2 heteroatoms. The lowest BCUT2D eigenvalue weighted by atomic mass is 10.5. The predicted octanol–water partition coefficient (Wildman–Crippen LogP) is 2.38. The van der Waals surface area contributed by atoms with Gasteiger partial charge in [-0.1, -0.05) is 20.8 Å². The molecule has 0 aliphatic carbocycles. The zero-order chi connectivity index (χ0) is 8.24. The van der Waals surface area contributed by atoms with Gasteiger partial charge in [-0.15, -0.1) is 0 Å². The van der Waals surface area contributed by atoms with Crippen LogP contribution in [0, 0.1) is 0 Å². The molecule has 0 saturated carbocycles. The lowest BCUT2D eigenvalue weighted by molar-refractivity contribution is 0.708. The maximum Gasteiger partial charge on any atom is 0.00553 e. The Hall–Kier alpha value is 0.310. The van der Waals surface area contributed by atoms with Gasteiger partial charge in [-0.3, -0.25) is 0 Å². The van der Waals surface area contributed by atoms with Crippen molar-refractivity contribution in [3.05, 3.63) is 0 Å². The molecule has 0 rings (SSSR count). The molecule has 0 saturated heterocycles. The molecular weight excluding hydrogens is 142 g/mol. The summed E-state index contributed by atoms with van der Waals surface area (Å²) in [6, 6.07) is 0. The molecule has 0 amide bonds. The van der Waals surface area contributed by atoms with Crippen molar-refractivity contribution >= 4 is 11.8 Å². The van der Waals surface area contributed by atoms with Gasteiger partial charge in [0, 0.05) is 12.3 Å². The minimum absolute atomic E-state index is 1.16. The first-order valence-electron chi connectivity index (χ1n) is 4.11. The van der Waals surface area contributed by atoms with Gasteiger partial charge in [-0.2, -0.15) is 11.8 Å². The van der Waals surface area contributed by atoms with Gasteiger partial charge in [0.15, 0.2) is 0 Å². The maximum absolute atomic E-state index is 3.32. The monoisotopic (exact) mass is 163 g/mol. The van der Waals surface area contributed by atoms with Gasteiger partial charge in [-0.25, -0.2) is 0 Å². The fourth-order valence-corrected chi connectivity index (χ4v) is 0.824. The van der Waals surface area contributed by atoms with Crippen LogP contribution in [0.2, 0.25) is 0 Å². The van der Waals surface area contributed by atoms with Crippen LogP contribution in [0.3, 0.4) is 0 Å². The first-order valence-corrected chi connectivity index (χ1v) is 5.50. The van der Waals surface area contributed by atoms with Crippen molar-refractivity contribution in [1.29, 1.82) is 0 Å². The molecule has 0 aromatic rings. The van der Waals surface area contributed by atoms with Crippen LogP contribution in [0.5, 0.6) is 0 Å². The zero-order valence-corrected chi connectivity index (χ0v) is 8.55. The first kappa shape index (κ1) is 12.9. The minimum Gasteiger partial charge on any atom is -0.316 e. The zero-order valence-electron chi connectivity index (χ0n) is 7.74. The van der Waals surface area contributed by atoms with Crippen molar-refractivity contribution < 1.29 is 0 Å². The summed E-state index contributed by atoms with van der Waals surface area (Å²) in [6.07, 6.45) is 3.38. The van der Waals surface area contributed by atoms with Crippen molar-refractivity contribution in [3.63, 3.8) is 0 Å². The molecule has 0 aromatic heterocycles. The Morgan fingerprint density at radius 2 is 1.80 bits per heavy atom. The van der Waals surface area contributed by atoms with Gasteiger partial charge in [0.1, 0.15) is 0 Å². The Labute approximate surface area is 70.0 Å². The summed E-state index contributed by atoms with van der Waals surface area (Å²) in [7, 11) is 0. The summed E-state index contributed by atoms with van der Waals surface area (Å²) >= 11 is 1.89. The fourth-order valence-electron chi connectivity index (χ4n) is 0.476. The van der Waals surface area contributed by atoms with E-state index in [1.807, 2.05) is 25.6 Å². The molecule has 0 aliphatic rings. The topological polar surface area (TPSA) is 12.0 Å². The highest BCUT2D eigenvalue weighted by molar-refractivity contribution is 7.98. The number of nitrogens with one attached hydrogen (secondary N) is 1. The average molecular weight is 163 g/mol.